The number of Topliss-reactive ketones (excluding diaryl/α,β-unsaturated/α-hetero) is 3. The van der Waals surface area contributed by atoms with Crippen molar-refractivity contribution in [3.8, 4) is 0 Å². The molecule has 0 amide bonds. The molecule has 0 saturated heterocycles. The molecule has 138 valence electrons. The zero-order chi connectivity index (χ0) is 20.3. The predicted octanol–water partition coefficient (Wildman–Crippen LogP) is 2.81. The van der Waals surface area contributed by atoms with Gasteiger partial charge in [0.1, 0.15) is 0 Å². The summed E-state index contributed by atoms with van der Waals surface area (Å²) in [6, 6.07) is 23.6. The minimum atomic E-state index is -2.69. The third-order valence-corrected chi connectivity index (χ3v) is 14.0. The first-order valence-electron chi connectivity index (χ1n) is 9.19. The Balaban J connectivity index is 2.08. The molecule has 0 radical (unpaired) electrons. The molecule has 0 saturated carbocycles. The molecule has 3 aromatic carbocycles. The van der Waals surface area contributed by atoms with E-state index in [4.69, 9.17) is 0 Å². The van der Waals surface area contributed by atoms with Gasteiger partial charge in [0.2, 0.25) is 0 Å². The van der Waals surface area contributed by atoms with Crippen LogP contribution in [0.1, 0.15) is 51.8 Å². The second kappa shape index (κ2) is 8.70. The molecule has 4 heteroatoms. The van der Waals surface area contributed by atoms with Crippen LogP contribution in [0.5, 0.6) is 0 Å². The van der Waals surface area contributed by atoms with Gasteiger partial charge in [-0.05, 0) is 0 Å². The average molecular weight is 472 g/mol. The van der Waals surface area contributed by atoms with Crippen LogP contribution in [0.3, 0.4) is 0 Å². The van der Waals surface area contributed by atoms with E-state index in [2.05, 4.69) is 36.4 Å². The van der Waals surface area contributed by atoms with Crippen LogP contribution in [0, 0.1) is 0 Å². The van der Waals surface area contributed by atoms with Crippen LogP contribution >= 0.6 is 0 Å². The normalized spacial score (nSPS) is 10.4. The summed E-state index contributed by atoms with van der Waals surface area (Å²) in [5, 5.41) is 0. The minimum absolute atomic E-state index is 0.0509. The van der Waals surface area contributed by atoms with E-state index in [9.17, 15) is 14.4 Å². The fourth-order valence-corrected chi connectivity index (χ4v) is 11.5. The van der Waals surface area contributed by atoms with Crippen molar-refractivity contribution < 1.29 is 14.4 Å². The van der Waals surface area contributed by atoms with Crippen LogP contribution in [0.4, 0.5) is 0 Å². The van der Waals surface area contributed by atoms with Crippen molar-refractivity contribution in [3.63, 3.8) is 0 Å². The summed E-state index contributed by atoms with van der Waals surface area (Å²) < 4.78 is 3.74. The molecule has 0 aliphatic rings. The number of carbonyl (C=O) groups excluding carboxylic acids is 3. The molecule has 0 atom stereocenters. The van der Waals surface area contributed by atoms with Gasteiger partial charge < -0.3 is 0 Å². The summed E-state index contributed by atoms with van der Waals surface area (Å²) in [5.74, 6) is 0.153. The molecule has 28 heavy (non-hydrogen) atoms. The Morgan fingerprint density at radius 2 is 0.679 bits per heavy atom. The average Bonchev–Trinajstić information content (AvgIpc) is 2.69. The van der Waals surface area contributed by atoms with Crippen LogP contribution in [0.15, 0.2) is 72.8 Å². The molecule has 0 aromatic heterocycles. The quantitative estimate of drug-likeness (QED) is 0.519. The first-order valence-corrected chi connectivity index (χ1v) is 14.1. The molecule has 0 N–H and O–H groups in total. The second-order valence-electron chi connectivity index (χ2n) is 6.97. The third kappa shape index (κ3) is 4.50. The van der Waals surface area contributed by atoms with Crippen LogP contribution in [-0.4, -0.2) is 38.8 Å². The molecular formula is C24H21InO3. The first-order chi connectivity index (χ1) is 13.4. The summed E-state index contributed by atoms with van der Waals surface area (Å²) in [6.07, 6.45) is 0. The molecule has 0 fully saturated rings. The van der Waals surface area contributed by atoms with Gasteiger partial charge in [-0.2, -0.15) is 0 Å². The van der Waals surface area contributed by atoms with Crippen molar-refractivity contribution in [1.29, 1.82) is 0 Å². The summed E-state index contributed by atoms with van der Waals surface area (Å²) in [6.45, 7) is 4.70. The SMILES string of the molecule is CC(=O)c1cc[c]([In]([c]2ccc(C(C)=O)cc2)[c]2ccc(C(C)=O)cc2)cc1. The molecule has 3 aromatic rings. The zero-order valence-corrected chi connectivity index (χ0v) is 19.5. The second-order valence-corrected chi connectivity index (χ2v) is 15.1. The van der Waals surface area contributed by atoms with Crippen molar-refractivity contribution in [1.82, 2.24) is 0 Å². The van der Waals surface area contributed by atoms with E-state index in [0.717, 1.165) is 0 Å². The molecule has 3 nitrogen and oxygen atoms in total. The number of ketones is 3. The van der Waals surface area contributed by atoms with E-state index in [1.54, 1.807) is 20.8 Å². The Labute approximate surface area is 172 Å². The van der Waals surface area contributed by atoms with E-state index in [-0.39, 0.29) is 17.3 Å². The topological polar surface area (TPSA) is 51.2 Å². The standard InChI is InChI=1S/3C8H7O.In/c3*1-7(9)8-5-3-2-4-6-8;/h3*3-6H,1H3;. The molecule has 0 spiro atoms. The Kier molecular flexibility index (Phi) is 6.30. The Morgan fingerprint density at radius 3 is 0.857 bits per heavy atom. The monoisotopic (exact) mass is 472 g/mol. The van der Waals surface area contributed by atoms with E-state index in [1.807, 2.05) is 36.4 Å². The predicted molar refractivity (Wildman–Crippen MR) is 114 cm³/mol. The molecule has 0 bridgehead atoms. The van der Waals surface area contributed by atoms with E-state index < -0.39 is 21.4 Å². The number of hydrogen-bond donors (Lipinski definition) is 0. The van der Waals surface area contributed by atoms with Crippen molar-refractivity contribution in [2.45, 2.75) is 20.8 Å². The van der Waals surface area contributed by atoms with Gasteiger partial charge >= 0.3 is 173 Å². The van der Waals surface area contributed by atoms with E-state index in [0.29, 0.717) is 16.7 Å². The summed E-state index contributed by atoms with van der Waals surface area (Å²) in [4.78, 5) is 34.9. The third-order valence-electron chi connectivity index (χ3n) is 4.95. The Hall–Kier alpha value is -2.46. The maximum absolute atomic E-state index is 11.6. The van der Waals surface area contributed by atoms with E-state index in [1.165, 1.54) is 9.96 Å². The molecule has 0 aliphatic heterocycles. The van der Waals surface area contributed by atoms with Gasteiger partial charge in [-0.25, -0.2) is 0 Å². The first kappa shape index (κ1) is 20.3. The maximum atomic E-state index is 11.6. The number of benzene rings is 3. The van der Waals surface area contributed by atoms with Crippen molar-refractivity contribution >= 4 is 48.7 Å². The van der Waals surface area contributed by atoms with Gasteiger partial charge in [-0.15, -0.1) is 0 Å². The Bertz CT molecular complexity index is 880. The summed E-state index contributed by atoms with van der Waals surface area (Å²) in [7, 11) is 0. The molecule has 3 rings (SSSR count). The number of rotatable bonds is 6. The summed E-state index contributed by atoms with van der Waals surface area (Å²) in [5.41, 5.74) is 2.10. The molecule has 0 unspecified atom stereocenters. The van der Waals surface area contributed by atoms with Crippen LogP contribution in [0.25, 0.3) is 0 Å². The van der Waals surface area contributed by atoms with Gasteiger partial charge in [0, 0.05) is 0 Å². The van der Waals surface area contributed by atoms with Crippen molar-refractivity contribution in [2.75, 3.05) is 0 Å². The zero-order valence-electron chi connectivity index (χ0n) is 16.2. The fraction of sp³-hybridized carbons (Fsp3) is 0.125. The molecular weight excluding hydrogens is 451 g/mol. The van der Waals surface area contributed by atoms with Crippen molar-refractivity contribution in [3.05, 3.63) is 89.5 Å². The van der Waals surface area contributed by atoms with Gasteiger partial charge in [0.25, 0.3) is 0 Å². The van der Waals surface area contributed by atoms with Crippen LogP contribution in [0.2, 0.25) is 0 Å². The summed E-state index contributed by atoms with van der Waals surface area (Å²) >= 11 is -2.69. The number of hydrogen-bond acceptors (Lipinski definition) is 3. The van der Waals surface area contributed by atoms with E-state index >= 15 is 0 Å². The van der Waals surface area contributed by atoms with Gasteiger partial charge in [0.05, 0.1) is 0 Å². The Morgan fingerprint density at radius 1 is 0.464 bits per heavy atom. The van der Waals surface area contributed by atoms with Gasteiger partial charge in [-0.3, -0.25) is 0 Å². The van der Waals surface area contributed by atoms with Crippen LogP contribution < -0.4 is 9.96 Å². The number of carbonyl (C=O) groups is 3. The van der Waals surface area contributed by atoms with Crippen LogP contribution in [-0.2, 0) is 0 Å². The molecule has 0 aliphatic carbocycles. The molecule has 0 heterocycles. The van der Waals surface area contributed by atoms with Gasteiger partial charge in [-0.1, -0.05) is 0 Å². The fourth-order valence-electron chi connectivity index (χ4n) is 3.31. The van der Waals surface area contributed by atoms with Crippen molar-refractivity contribution in [2.24, 2.45) is 0 Å². The van der Waals surface area contributed by atoms with Gasteiger partial charge in [0.15, 0.2) is 0 Å².